The van der Waals surface area contributed by atoms with Crippen molar-refractivity contribution in [3.8, 4) is 0 Å². The van der Waals surface area contributed by atoms with Crippen molar-refractivity contribution < 1.29 is 45.7 Å². The largest absolute Gasteiger partial charge is 0.456 e. The second kappa shape index (κ2) is 26.8. The molecule has 45 heavy (non-hydrogen) atoms. The molecule has 0 radical (unpaired) electrons. The van der Waals surface area contributed by atoms with Crippen LogP contribution in [0.4, 0.5) is 0 Å². The highest BCUT2D eigenvalue weighted by Gasteiger charge is 2.48. The third-order valence-electron chi connectivity index (χ3n) is 8.37. The molecule has 1 aliphatic heterocycles. The lowest BCUT2D eigenvalue weighted by molar-refractivity contribution is -0.264. The van der Waals surface area contributed by atoms with E-state index in [1.807, 2.05) is 0 Å². The molecule has 1 aliphatic rings. The molecule has 11 heteroatoms. The summed E-state index contributed by atoms with van der Waals surface area (Å²) in [5.41, 5.74) is 0. The lowest BCUT2D eigenvalue weighted by Gasteiger charge is -2.39. The van der Waals surface area contributed by atoms with Gasteiger partial charge >= 0.3 is 22.3 Å². The molecule has 1 N–H and O–H groups in total. The van der Waals surface area contributed by atoms with E-state index in [1.54, 1.807) is 0 Å². The third kappa shape index (κ3) is 22.0. The fraction of sp³-hybridized carbons (Fsp3) is 0.941. The Morgan fingerprint density at radius 2 is 1.00 bits per heavy atom. The van der Waals surface area contributed by atoms with Crippen LogP contribution in [0.25, 0.3) is 0 Å². The molecule has 1 heterocycles. The number of esters is 2. The van der Waals surface area contributed by atoms with E-state index in [2.05, 4.69) is 13.8 Å². The summed E-state index contributed by atoms with van der Waals surface area (Å²) in [6, 6.07) is 0. The van der Waals surface area contributed by atoms with Crippen molar-refractivity contribution in [2.75, 3.05) is 13.7 Å². The second-order valence-electron chi connectivity index (χ2n) is 12.5. The highest BCUT2D eigenvalue weighted by molar-refractivity contribution is 7.80. The first-order valence-corrected chi connectivity index (χ1v) is 19.3. The van der Waals surface area contributed by atoms with E-state index >= 15 is 0 Å². The third-order valence-corrected chi connectivity index (χ3v) is 8.83. The highest BCUT2D eigenvalue weighted by Crippen LogP contribution is 2.27. The average molecular weight is 665 g/mol. The minimum absolute atomic E-state index is 0.129. The Morgan fingerprint density at radius 3 is 1.38 bits per heavy atom. The molecule has 266 valence electrons. The summed E-state index contributed by atoms with van der Waals surface area (Å²) < 4.78 is 59.3. The fourth-order valence-electron chi connectivity index (χ4n) is 5.74. The maximum atomic E-state index is 12.8. The van der Waals surface area contributed by atoms with Crippen molar-refractivity contribution in [1.29, 1.82) is 0 Å². The molecule has 0 saturated carbocycles. The van der Waals surface area contributed by atoms with Crippen molar-refractivity contribution in [3.63, 3.8) is 0 Å². The number of ether oxygens (including phenoxy) is 4. The standard InChI is InChI=1S/C34H64O10S/c1-4-6-8-10-12-14-16-18-20-22-24-26-30(35)42-29-28-41-34(40-3)33(44-45(37,38)39)32(29)43-31(36)27-25-23-21-19-17-15-13-11-9-7-5-2/h29,32-34H,4-28H2,1-3H3,(H,37,38,39)/t29-,32+,33-,34-/m1/s1. The first-order chi connectivity index (χ1) is 21.7. The topological polar surface area (TPSA) is 135 Å². The molecule has 0 spiro atoms. The summed E-state index contributed by atoms with van der Waals surface area (Å²) >= 11 is 0. The number of carbonyl (C=O) groups excluding carboxylic acids is 2. The van der Waals surface area contributed by atoms with Gasteiger partial charge in [-0.2, -0.15) is 8.42 Å². The van der Waals surface area contributed by atoms with Crippen molar-refractivity contribution in [3.05, 3.63) is 0 Å². The number of methoxy groups -OCH3 is 1. The number of carbonyl (C=O) groups is 2. The van der Waals surface area contributed by atoms with Crippen LogP contribution in [-0.4, -0.2) is 63.2 Å². The Morgan fingerprint density at radius 1 is 0.622 bits per heavy atom. The molecule has 0 bridgehead atoms. The average Bonchev–Trinajstić information content (AvgIpc) is 2.99. The van der Waals surface area contributed by atoms with Gasteiger partial charge in [0, 0.05) is 20.0 Å². The molecule has 0 aromatic heterocycles. The summed E-state index contributed by atoms with van der Waals surface area (Å²) in [4.78, 5) is 25.5. The lowest BCUT2D eigenvalue weighted by atomic mass is 10.0. The van der Waals surface area contributed by atoms with Crippen LogP contribution in [0.3, 0.4) is 0 Å². The predicted octanol–water partition coefficient (Wildman–Crippen LogP) is 8.40. The van der Waals surface area contributed by atoms with Gasteiger partial charge < -0.3 is 18.9 Å². The summed E-state index contributed by atoms with van der Waals surface area (Å²) in [5, 5.41) is 0. The van der Waals surface area contributed by atoms with Crippen LogP contribution in [0.15, 0.2) is 0 Å². The lowest BCUT2D eigenvalue weighted by Crippen LogP contribution is -2.58. The minimum atomic E-state index is -4.95. The maximum absolute atomic E-state index is 12.8. The predicted molar refractivity (Wildman–Crippen MR) is 175 cm³/mol. The normalized spacial score (nSPS) is 20.3. The molecular formula is C34H64O10S. The first kappa shape index (κ1) is 41.8. The molecule has 1 saturated heterocycles. The number of hydrogen-bond donors (Lipinski definition) is 1. The Balaban J connectivity index is 2.49. The Kier molecular flexibility index (Phi) is 24.8. The molecule has 0 amide bonds. The van der Waals surface area contributed by atoms with Gasteiger partial charge in [0.15, 0.2) is 24.6 Å². The van der Waals surface area contributed by atoms with E-state index < -0.39 is 46.9 Å². The zero-order valence-corrected chi connectivity index (χ0v) is 29.3. The van der Waals surface area contributed by atoms with E-state index in [4.69, 9.17) is 23.1 Å². The second-order valence-corrected chi connectivity index (χ2v) is 13.5. The van der Waals surface area contributed by atoms with Crippen LogP contribution < -0.4 is 0 Å². The SMILES string of the molecule is CCCCCCCCCCCCCC(=O)O[C@@H]1[C@@H](OS(=O)(=O)O)[C@H](OC)OC[C@H]1OC(=O)CCCCCCCCCCCCC. The number of unbranched alkanes of at least 4 members (excludes halogenated alkanes) is 20. The van der Waals surface area contributed by atoms with E-state index in [-0.39, 0.29) is 19.4 Å². The van der Waals surface area contributed by atoms with Gasteiger partial charge in [0.2, 0.25) is 0 Å². The van der Waals surface area contributed by atoms with Gasteiger partial charge in [-0.25, -0.2) is 4.18 Å². The summed E-state index contributed by atoms with van der Waals surface area (Å²) in [6.45, 7) is 4.26. The Bertz CT molecular complexity index is 850. The molecule has 0 unspecified atom stereocenters. The van der Waals surface area contributed by atoms with Crippen molar-refractivity contribution in [2.45, 2.75) is 193 Å². The van der Waals surface area contributed by atoms with Crippen LogP contribution in [0, 0.1) is 0 Å². The molecule has 4 atom stereocenters. The van der Waals surface area contributed by atoms with Gasteiger partial charge in [0.05, 0.1) is 6.61 Å². The Hall–Kier alpha value is -1.27. The van der Waals surface area contributed by atoms with Crippen LogP contribution in [0.1, 0.15) is 168 Å². The number of rotatable bonds is 29. The summed E-state index contributed by atoms with van der Waals surface area (Å²) in [7, 11) is -3.68. The van der Waals surface area contributed by atoms with Crippen molar-refractivity contribution >= 4 is 22.3 Å². The molecule has 0 aromatic carbocycles. The molecule has 10 nitrogen and oxygen atoms in total. The van der Waals surface area contributed by atoms with Crippen molar-refractivity contribution in [2.24, 2.45) is 0 Å². The smallest absolute Gasteiger partial charge is 0.397 e. The van der Waals surface area contributed by atoms with E-state index in [0.717, 1.165) is 38.5 Å². The van der Waals surface area contributed by atoms with Crippen molar-refractivity contribution in [1.82, 2.24) is 0 Å². The van der Waals surface area contributed by atoms with Crippen LogP contribution in [0.5, 0.6) is 0 Å². The van der Waals surface area contributed by atoms with Gasteiger partial charge in [-0.1, -0.05) is 142 Å². The molecule has 1 fully saturated rings. The summed E-state index contributed by atoms with van der Waals surface area (Å²) in [5.74, 6) is -1.06. The number of hydrogen-bond acceptors (Lipinski definition) is 9. The van der Waals surface area contributed by atoms with E-state index in [1.165, 1.54) is 97.0 Å². The quantitative estimate of drug-likeness (QED) is 0.0472. The molecular weight excluding hydrogens is 600 g/mol. The monoisotopic (exact) mass is 664 g/mol. The molecule has 0 aliphatic carbocycles. The zero-order chi connectivity index (χ0) is 33.2. The van der Waals surface area contributed by atoms with E-state index in [0.29, 0.717) is 12.8 Å². The van der Waals surface area contributed by atoms with Gasteiger partial charge in [0.25, 0.3) is 0 Å². The van der Waals surface area contributed by atoms with Gasteiger partial charge in [-0.15, -0.1) is 0 Å². The van der Waals surface area contributed by atoms with Crippen LogP contribution in [-0.2, 0) is 43.1 Å². The van der Waals surface area contributed by atoms with Gasteiger partial charge in [0.1, 0.15) is 0 Å². The molecule has 0 aromatic rings. The van der Waals surface area contributed by atoms with Gasteiger partial charge in [-0.05, 0) is 12.8 Å². The van der Waals surface area contributed by atoms with E-state index in [9.17, 15) is 22.6 Å². The molecule has 1 rings (SSSR count). The highest BCUT2D eigenvalue weighted by atomic mass is 32.3. The zero-order valence-electron chi connectivity index (χ0n) is 28.5. The summed E-state index contributed by atoms with van der Waals surface area (Å²) in [6.07, 6.45) is 20.3. The fourth-order valence-corrected chi connectivity index (χ4v) is 6.22. The Labute approximate surface area is 274 Å². The first-order valence-electron chi connectivity index (χ1n) is 17.9. The maximum Gasteiger partial charge on any atom is 0.397 e. The minimum Gasteiger partial charge on any atom is -0.456 e. The van der Waals surface area contributed by atoms with Crippen LogP contribution in [0.2, 0.25) is 0 Å². The van der Waals surface area contributed by atoms with Crippen LogP contribution >= 0.6 is 0 Å². The van der Waals surface area contributed by atoms with Gasteiger partial charge in [-0.3, -0.25) is 14.1 Å².